The van der Waals surface area contributed by atoms with Crippen molar-refractivity contribution in [1.29, 1.82) is 0 Å². The van der Waals surface area contributed by atoms with Crippen molar-refractivity contribution in [3.05, 3.63) is 17.7 Å². The summed E-state index contributed by atoms with van der Waals surface area (Å²) in [5.41, 5.74) is 0.979. The van der Waals surface area contributed by atoms with Gasteiger partial charge in [-0.25, -0.2) is 0 Å². The summed E-state index contributed by atoms with van der Waals surface area (Å²) in [6.07, 6.45) is 0.846. The Morgan fingerprint density at radius 2 is 1.96 bits per heavy atom. The molecule has 140 valence electrons. The van der Waals surface area contributed by atoms with E-state index in [0.717, 1.165) is 23.5 Å². The van der Waals surface area contributed by atoms with Gasteiger partial charge in [-0.05, 0) is 6.07 Å². The number of ether oxygens (including phenoxy) is 3. The summed E-state index contributed by atoms with van der Waals surface area (Å²) < 4.78 is 17.0. The number of hydrogen-bond donors (Lipinski definition) is 1. The van der Waals surface area contributed by atoms with Crippen LogP contribution in [0.25, 0.3) is 0 Å². The molecular weight excluding hydrogens is 338 g/mol. The van der Waals surface area contributed by atoms with Crippen molar-refractivity contribution in [2.24, 2.45) is 0 Å². The molecule has 3 heterocycles. The molecule has 8 heteroatoms. The summed E-state index contributed by atoms with van der Waals surface area (Å²) in [7, 11) is 1.63. The van der Waals surface area contributed by atoms with Gasteiger partial charge >= 0.3 is 0 Å². The number of fused-ring (bicyclic) bond motifs is 2. The second-order valence-electron chi connectivity index (χ2n) is 6.72. The largest absolute Gasteiger partial charge is 0.496 e. The van der Waals surface area contributed by atoms with E-state index in [9.17, 15) is 9.59 Å². The van der Waals surface area contributed by atoms with Gasteiger partial charge in [-0.15, -0.1) is 0 Å². The number of piperazine rings is 2. The first kappa shape index (κ1) is 17.0. The monoisotopic (exact) mass is 361 g/mol. The molecule has 2 amide bonds. The molecule has 0 spiro atoms. The Bertz CT molecular complexity index is 723. The van der Waals surface area contributed by atoms with Gasteiger partial charge in [0, 0.05) is 44.2 Å². The molecule has 1 atom stereocenters. The van der Waals surface area contributed by atoms with Gasteiger partial charge in [0.2, 0.25) is 11.8 Å². The first-order valence-corrected chi connectivity index (χ1v) is 8.92. The summed E-state index contributed by atoms with van der Waals surface area (Å²) in [4.78, 5) is 28.0. The van der Waals surface area contributed by atoms with Crippen molar-refractivity contribution in [2.75, 3.05) is 46.5 Å². The maximum atomic E-state index is 12.1. The van der Waals surface area contributed by atoms with Crippen molar-refractivity contribution in [3.63, 3.8) is 0 Å². The highest BCUT2D eigenvalue weighted by Gasteiger charge is 2.38. The minimum absolute atomic E-state index is 0.0117. The van der Waals surface area contributed by atoms with Crippen molar-refractivity contribution in [1.82, 2.24) is 15.1 Å². The first-order valence-electron chi connectivity index (χ1n) is 8.92. The third-order valence-electron chi connectivity index (χ3n) is 5.05. The fourth-order valence-corrected chi connectivity index (χ4v) is 3.67. The van der Waals surface area contributed by atoms with Crippen LogP contribution in [-0.2, 0) is 16.1 Å². The smallest absolute Gasteiger partial charge is 0.244 e. The number of methoxy groups -OCH3 is 1. The van der Waals surface area contributed by atoms with Gasteiger partial charge in [0.15, 0.2) is 11.5 Å². The Morgan fingerprint density at radius 1 is 1.19 bits per heavy atom. The van der Waals surface area contributed by atoms with Crippen molar-refractivity contribution in [2.45, 2.75) is 19.0 Å². The topological polar surface area (TPSA) is 80.3 Å². The fourth-order valence-electron chi connectivity index (χ4n) is 3.67. The third kappa shape index (κ3) is 3.16. The second kappa shape index (κ2) is 7.03. The molecule has 1 N–H and O–H groups in total. The van der Waals surface area contributed by atoms with Crippen LogP contribution >= 0.6 is 0 Å². The van der Waals surface area contributed by atoms with E-state index in [1.54, 1.807) is 12.0 Å². The Balaban J connectivity index is 1.53. The molecule has 0 unspecified atom stereocenters. The van der Waals surface area contributed by atoms with Crippen LogP contribution in [0.15, 0.2) is 12.1 Å². The Labute approximate surface area is 152 Å². The third-order valence-corrected chi connectivity index (χ3v) is 5.05. The first-order chi connectivity index (χ1) is 12.7. The number of carbonyl (C=O) groups excluding carboxylic acids is 2. The molecule has 0 bridgehead atoms. The molecule has 4 rings (SSSR count). The summed E-state index contributed by atoms with van der Waals surface area (Å²) in [6.45, 7) is 3.76. The lowest BCUT2D eigenvalue weighted by Crippen LogP contribution is -2.65. The number of rotatable bonds is 3. The van der Waals surface area contributed by atoms with E-state index >= 15 is 0 Å². The molecule has 3 aliphatic rings. The van der Waals surface area contributed by atoms with Crippen molar-refractivity contribution >= 4 is 11.8 Å². The number of carbonyl (C=O) groups is 2. The molecule has 2 saturated heterocycles. The lowest BCUT2D eigenvalue weighted by atomic mass is 10.1. The van der Waals surface area contributed by atoms with Crippen LogP contribution in [-0.4, -0.2) is 74.2 Å². The predicted molar refractivity (Wildman–Crippen MR) is 92.4 cm³/mol. The van der Waals surface area contributed by atoms with Gasteiger partial charge in [-0.2, -0.15) is 0 Å². The Morgan fingerprint density at radius 3 is 2.73 bits per heavy atom. The minimum Gasteiger partial charge on any atom is -0.496 e. The molecule has 0 radical (unpaired) electrons. The van der Waals surface area contributed by atoms with E-state index in [-0.39, 0.29) is 18.4 Å². The lowest BCUT2D eigenvalue weighted by Gasteiger charge is -2.43. The molecule has 0 aromatic heterocycles. The average Bonchev–Trinajstić information content (AvgIpc) is 2.89. The molecule has 2 fully saturated rings. The quantitative estimate of drug-likeness (QED) is 0.816. The summed E-state index contributed by atoms with van der Waals surface area (Å²) >= 11 is 0. The van der Waals surface area contributed by atoms with Crippen molar-refractivity contribution in [3.8, 4) is 17.2 Å². The number of nitrogens with one attached hydrogen (secondary N) is 1. The van der Waals surface area contributed by atoms with Gasteiger partial charge in [0.05, 0.1) is 26.9 Å². The predicted octanol–water partition coefficient (Wildman–Crippen LogP) is -0.000900. The van der Waals surface area contributed by atoms with E-state index in [1.807, 2.05) is 12.1 Å². The van der Waals surface area contributed by atoms with Crippen LogP contribution in [0, 0.1) is 0 Å². The minimum atomic E-state index is -0.420. The second-order valence-corrected chi connectivity index (χ2v) is 6.72. The molecule has 1 aromatic rings. The SMILES string of the molecule is COc1cc2c(cc1CN1CCN3C(=O)CNC(=O)[C@@H]3C1)OCCCO2. The van der Waals surface area contributed by atoms with Gasteiger partial charge in [0.1, 0.15) is 11.8 Å². The van der Waals surface area contributed by atoms with Crippen LogP contribution in [0.4, 0.5) is 0 Å². The maximum Gasteiger partial charge on any atom is 0.244 e. The number of nitrogens with zero attached hydrogens (tertiary/aromatic N) is 2. The van der Waals surface area contributed by atoms with E-state index in [0.29, 0.717) is 45.1 Å². The van der Waals surface area contributed by atoms with E-state index in [2.05, 4.69) is 10.2 Å². The highest BCUT2D eigenvalue weighted by molar-refractivity contribution is 5.95. The zero-order valence-corrected chi connectivity index (χ0v) is 14.8. The zero-order chi connectivity index (χ0) is 18.1. The normalized spacial score (nSPS) is 23.1. The standard InChI is InChI=1S/C18H23N3O5/c1-24-14-8-16-15(25-5-2-6-26-16)7-12(14)10-20-3-4-21-13(11-20)18(23)19-9-17(21)22/h7-8,13H,2-6,9-11H2,1H3,(H,19,23)/t13-/m0/s1. The lowest BCUT2D eigenvalue weighted by molar-refractivity contribution is -0.149. The van der Waals surface area contributed by atoms with Crippen LogP contribution in [0.5, 0.6) is 17.2 Å². The van der Waals surface area contributed by atoms with E-state index in [4.69, 9.17) is 14.2 Å². The molecule has 0 saturated carbocycles. The number of amides is 2. The van der Waals surface area contributed by atoms with Crippen LogP contribution in [0.1, 0.15) is 12.0 Å². The van der Waals surface area contributed by atoms with E-state index < -0.39 is 6.04 Å². The molecule has 8 nitrogen and oxygen atoms in total. The maximum absolute atomic E-state index is 12.1. The summed E-state index contributed by atoms with van der Waals surface area (Å²) in [5.74, 6) is 2.07. The van der Waals surface area contributed by atoms with E-state index in [1.165, 1.54) is 0 Å². The molecule has 26 heavy (non-hydrogen) atoms. The Kier molecular flexibility index (Phi) is 4.58. The van der Waals surface area contributed by atoms with Crippen LogP contribution in [0.3, 0.4) is 0 Å². The van der Waals surface area contributed by atoms with Crippen LogP contribution in [0.2, 0.25) is 0 Å². The number of hydrogen-bond acceptors (Lipinski definition) is 6. The highest BCUT2D eigenvalue weighted by atomic mass is 16.5. The molecule has 1 aromatic carbocycles. The zero-order valence-electron chi connectivity index (χ0n) is 14.8. The molecular formula is C18H23N3O5. The number of benzene rings is 1. The molecule has 0 aliphatic carbocycles. The van der Waals surface area contributed by atoms with Crippen LogP contribution < -0.4 is 19.5 Å². The summed E-state index contributed by atoms with van der Waals surface area (Å²) in [6, 6.07) is 3.40. The van der Waals surface area contributed by atoms with Gasteiger partial charge in [-0.3, -0.25) is 14.5 Å². The van der Waals surface area contributed by atoms with Gasteiger partial charge < -0.3 is 24.4 Å². The average molecular weight is 361 g/mol. The van der Waals surface area contributed by atoms with Gasteiger partial charge in [-0.1, -0.05) is 0 Å². The Hall–Kier alpha value is -2.48. The van der Waals surface area contributed by atoms with Crippen molar-refractivity contribution < 1.29 is 23.8 Å². The molecule has 3 aliphatic heterocycles. The fraction of sp³-hybridized carbons (Fsp3) is 0.556. The summed E-state index contributed by atoms with van der Waals surface area (Å²) in [5, 5.41) is 2.67. The highest BCUT2D eigenvalue weighted by Crippen LogP contribution is 2.37. The van der Waals surface area contributed by atoms with Gasteiger partial charge in [0.25, 0.3) is 0 Å².